The monoisotopic (exact) mass is 1670 g/mol. The van der Waals surface area contributed by atoms with Gasteiger partial charge in [-0.05, 0) is 92.8 Å². The number of aliphatic carboxylic acids is 4. The van der Waals surface area contributed by atoms with E-state index >= 15 is 0 Å². The number of benzene rings is 2. The molecule has 0 spiro atoms. The molecule has 0 radical (unpaired) electrons. The smallest absolute Gasteiger partial charge is 0.329 e. The van der Waals surface area contributed by atoms with Gasteiger partial charge in [0.1, 0.15) is 72.6 Å². The summed E-state index contributed by atoms with van der Waals surface area (Å²) in [7, 11) is 0. The summed E-state index contributed by atoms with van der Waals surface area (Å²) in [6.45, 7) is 1.11. The number of esters is 1. The number of cyclic esters (lactones) is 1. The largest absolute Gasteiger partial charge is 0.481 e. The lowest BCUT2D eigenvalue weighted by atomic mass is 9.96. The Bertz CT molecular complexity index is 4360. The second-order valence-electron chi connectivity index (χ2n) is 27.8. The number of H-pyrrole nitrogens is 1. The summed E-state index contributed by atoms with van der Waals surface area (Å²) < 4.78 is 5.69. The zero-order chi connectivity index (χ0) is 87.6. The molecule has 118 heavy (non-hydrogen) atoms. The minimum atomic E-state index is -2.46. The highest BCUT2D eigenvalue weighted by Gasteiger charge is 2.41. The highest BCUT2D eigenvalue weighted by molar-refractivity contribution is 7.12. The summed E-state index contributed by atoms with van der Waals surface area (Å²) in [6, 6.07) is -9.05. The van der Waals surface area contributed by atoms with E-state index in [0.29, 0.717) is 22.9 Å². The lowest BCUT2D eigenvalue weighted by Crippen LogP contribution is -2.62. The van der Waals surface area contributed by atoms with Crippen molar-refractivity contribution in [1.29, 1.82) is 0 Å². The molecule has 5 rings (SSSR count). The molecule has 0 aliphatic carbocycles. The highest BCUT2D eigenvalue weighted by atomic mass is 32.1. The molecule has 1 aliphatic heterocycles. The minimum Gasteiger partial charge on any atom is -0.481 e. The zero-order valence-corrected chi connectivity index (χ0v) is 65.6. The maximum Gasteiger partial charge on any atom is 0.329 e. The molecule has 44 heteroatoms. The number of thiophene rings is 1. The maximum absolute atomic E-state index is 14.9. The molecule has 14 amide bonds. The van der Waals surface area contributed by atoms with Crippen LogP contribution in [0.15, 0.2) is 66.2 Å². The number of unbranched alkanes of at least 4 members (excludes halogenated alkanes) is 4. The fraction of sp³-hybridized carbons (Fsp3) is 0.486. The number of rotatable bonds is 34. The number of hydrogen-bond donors (Lipinski definition) is 22. The number of nitrogens with one attached hydrogen (secondary N) is 14. The fourth-order valence-electron chi connectivity index (χ4n) is 12.0. The second-order valence-corrected chi connectivity index (χ2v) is 28.7. The Labute approximate surface area is 677 Å². The number of Topliss-reactive ketones (excluding diaryl/α,β-unsaturated/α-hetero) is 1. The van der Waals surface area contributed by atoms with E-state index < -0.39 is 261 Å². The topological polar surface area (TPSA) is 702 Å². The number of ether oxygens (including phenoxy) is 1. The molecular weight excluding hydrogens is 1570 g/mol. The number of carboxylic acid groups (broad SMARTS) is 4. The SMILES string of the molecule is CCCCCCCc1csc(C(=O)N[C@@H](Cc2c[nH]c3ccccc23)C(=O)N[C@H](CC(N)=O)C(=O)N[C@@H](CC(=O)O)C(=O)N[C@@H]2C(=O)NCC(=O)N[C@@H](CCCN)C(=O)N[C@@H](CC(=O)O)C(=O)N[C@H](C)C(=O)N[C@@H](CC(=O)O)C(=O)NCC(=O)N[C@H](CO)C(=O)N[C@@H]([C@H](C)CC(=O)O)C(=O)N[C@@H](CC(=O)c3ccccc3N)C(=O)O[C@@H]2C)c1. The number of primary amides is 1. The minimum absolute atomic E-state index is 0.0969. The number of aromatic nitrogens is 1. The van der Waals surface area contributed by atoms with Crippen LogP contribution < -0.4 is 86.3 Å². The van der Waals surface area contributed by atoms with Gasteiger partial charge in [0, 0.05) is 41.2 Å². The average Bonchev–Trinajstić information content (AvgIpc) is 1.67. The Hall–Kier alpha value is -13.0. The van der Waals surface area contributed by atoms with Crippen LogP contribution in [0.1, 0.15) is 142 Å². The first-order chi connectivity index (χ1) is 55.8. The van der Waals surface area contributed by atoms with Gasteiger partial charge in [-0.3, -0.25) is 91.1 Å². The standard InChI is InChI=1S/C74H99N17O26S/c1-5-6-7-8-9-15-38-23-53(118-34-38)71(113)88-45(24-39-30-78-43-19-13-11-16-40(39)43)67(109)85-46(26-54(77)94)68(110)87-49(29-60(103)104)69(111)91-62-37(4)117-74(116)50(25-52(93)41-17-10-12-18-42(41)76)89-73(115)61(35(2)22-57(97)98)90-70(112)51(33-92)83-56(96)31-79-64(106)47(27-58(99)100)84-63(105)36(3)81-66(108)48(28-59(101)102)86-65(107)44(20-14-21-75)82-55(95)32-80-72(62)114/h10-13,16-19,23,30,34-37,44-51,61-62,78,92H,5-9,14-15,20-22,24-29,31-33,75-76H2,1-4H3,(H2,77,94)(H,79,106)(H,80,114)(H,81,108)(H,82,95)(H,83,96)(H,84,105)(H,85,109)(H,86,107)(H,87,110)(H,88,113)(H,89,115)(H,90,112)(H,91,111)(H,97,98)(H,99,100)(H,101,102)(H,103,104)/t35-,36-,37-,44+,45+,46-,47+,48+,49+,50+,51-,61+,62+/m1/s1. The van der Waals surface area contributed by atoms with Gasteiger partial charge in [0.2, 0.25) is 76.8 Å². The van der Waals surface area contributed by atoms with Gasteiger partial charge in [-0.2, -0.15) is 0 Å². The van der Waals surface area contributed by atoms with Crippen molar-refractivity contribution >= 4 is 146 Å². The Kier molecular flexibility index (Phi) is 38.2. The van der Waals surface area contributed by atoms with Crippen LogP contribution in [0.2, 0.25) is 0 Å². The van der Waals surface area contributed by atoms with Gasteiger partial charge < -0.3 is 122 Å². The number of anilines is 1. The van der Waals surface area contributed by atoms with Crippen LogP contribution in [0.5, 0.6) is 0 Å². The summed E-state index contributed by atoms with van der Waals surface area (Å²) >= 11 is 1.10. The van der Waals surface area contributed by atoms with Crippen molar-refractivity contribution in [3.63, 3.8) is 0 Å². The number of carboxylic acids is 4. The van der Waals surface area contributed by atoms with Gasteiger partial charge in [-0.15, -0.1) is 11.3 Å². The summed E-state index contributed by atoms with van der Waals surface area (Å²) in [6.07, 6.45) is -2.84. The van der Waals surface area contributed by atoms with Crippen LogP contribution in [0.25, 0.3) is 10.9 Å². The van der Waals surface area contributed by atoms with E-state index in [9.17, 15) is 121 Å². The van der Waals surface area contributed by atoms with Crippen LogP contribution in [0, 0.1) is 5.92 Å². The number of carbonyl (C=O) groups excluding carboxylic acids is 16. The van der Waals surface area contributed by atoms with Gasteiger partial charge in [0.15, 0.2) is 5.78 Å². The van der Waals surface area contributed by atoms with E-state index in [1.807, 2.05) is 16.0 Å². The first kappa shape index (κ1) is 95.6. The first-order valence-corrected chi connectivity index (χ1v) is 38.3. The van der Waals surface area contributed by atoms with Crippen molar-refractivity contribution in [2.75, 3.05) is 32.0 Å². The molecule has 0 unspecified atom stereocenters. The number of hydrogen-bond acceptors (Lipinski definition) is 25. The van der Waals surface area contributed by atoms with Crippen molar-refractivity contribution in [1.82, 2.24) is 74.1 Å². The van der Waals surface area contributed by atoms with Crippen molar-refractivity contribution in [2.45, 2.75) is 197 Å². The van der Waals surface area contributed by atoms with Gasteiger partial charge >= 0.3 is 29.8 Å². The molecule has 0 bridgehead atoms. The third-order valence-electron chi connectivity index (χ3n) is 18.3. The Balaban J connectivity index is 1.60. The van der Waals surface area contributed by atoms with Crippen LogP contribution in [0.3, 0.4) is 0 Å². The summed E-state index contributed by atoms with van der Waals surface area (Å²) in [5.41, 5.74) is 18.9. The number of aromatic amines is 1. The van der Waals surface area contributed by atoms with Crippen molar-refractivity contribution in [3.05, 3.63) is 87.7 Å². The molecule has 4 aromatic rings. The Morgan fingerprint density at radius 2 is 1.15 bits per heavy atom. The van der Waals surface area contributed by atoms with Crippen molar-refractivity contribution in [3.8, 4) is 0 Å². The van der Waals surface area contributed by atoms with E-state index in [0.717, 1.165) is 69.8 Å². The number of amides is 14. The number of nitrogens with two attached hydrogens (primary N) is 3. The third kappa shape index (κ3) is 31.0. The number of para-hydroxylation sites is 2. The molecule has 2 aromatic heterocycles. The molecule has 3 heterocycles. The maximum atomic E-state index is 14.9. The fourth-order valence-corrected chi connectivity index (χ4v) is 12.9. The molecule has 13 atom stereocenters. The van der Waals surface area contributed by atoms with Crippen molar-refractivity contribution < 1.29 is 126 Å². The summed E-state index contributed by atoms with van der Waals surface area (Å²) in [4.78, 5) is 278. The first-order valence-electron chi connectivity index (χ1n) is 37.4. The summed E-state index contributed by atoms with van der Waals surface area (Å²) in [5.74, 6) is -30.0. The number of nitrogen functional groups attached to an aromatic ring is 1. The van der Waals surface area contributed by atoms with E-state index in [1.54, 1.807) is 41.9 Å². The third-order valence-corrected chi connectivity index (χ3v) is 19.2. The molecular formula is C74H99N17O26S. The predicted molar refractivity (Wildman–Crippen MR) is 414 cm³/mol. The van der Waals surface area contributed by atoms with E-state index in [2.05, 4.69) is 65.1 Å². The Morgan fingerprint density at radius 1 is 0.585 bits per heavy atom. The van der Waals surface area contributed by atoms with Crippen LogP contribution >= 0.6 is 11.3 Å². The molecule has 1 aliphatic rings. The second kappa shape index (κ2) is 47.1. The van der Waals surface area contributed by atoms with Gasteiger partial charge in [-0.1, -0.05) is 69.9 Å². The van der Waals surface area contributed by atoms with Crippen molar-refractivity contribution in [2.24, 2.45) is 17.4 Å². The van der Waals surface area contributed by atoms with E-state index in [4.69, 9.17) is 21.9 Å². The molecule has 25 N–H and O–H groups in total. The summed E-state index contributed by atoms with van der Waals surface area (Å²) in [5, 5.41) is 80.6. The number of aliphatic hydroxyl groups is 1. The lowest BCUT2D eigenvalue weighted by Gasteiger charge is -2.30. The predicted octanol–water partition coefficient (Wildman–Crippen LogP) is -4.87. The molecule has 0 saturated carbocycles. The molecule has 1 saturated heterocycles. The van der Waals surface area contributed by atoms with Crippen LogP contribution in [-0.2, 0) is 104 Å². The highest BCUT2D eigenvalue weighted by Crippen LogP contribution is 2.23. The van der Waals surface area contributed by atoms with E-state index in [-0.39, 0.29) is 35.5 Å². The lowest BCUT2D eigenvalue weighted by molar-refractivity contribution is -0.156. The molecule has 2 aromatic carbocycles. The number of fused-ring (bicyclic) bond motifs is 1. The molecule has 642 valence electrons. The normalized spacial score (nSPS) is 20.9. The number of carbonyl (C=O) groups is 20. The van der Waals surface area contributed by atoms with E-state index in [1.165, 1.54) is 24.3 Å². The molecule has 1 fully saturated rings. The zero-order valence-electron chi connectivity index (χ0n) is 64.7. The average molecular weight is 1670 g/mol. The number of aliphatic hydroxyl groups excluding tert-OH is 1. The quantitative estimate of drug-likeness (QED) is 0.00902. The molecule has 43 nitrogen and oxygen atoms in total. The van der Waals surface area contributed by atoms with Gasteiger partial charge in [0.25, 0.3) is 5.91 Å². The van der Waals surface area contributed by atoms with Gasteiger partial charge in [0.05, 0.1) is 56.7 Å². The number of aryl methyl sites for hydroxylation is 1. The van der Waals surface area contributed by atoms with Gasteiger partial charge in [-0.25, -0.2) is 4.79 Å². The number of ketones is 1. The Morgan fingerprint density at radius 3 is 1.77 bits per heavy atom. The van der Waals surface area contributed by atoms with Crippen LogP contribution in [0.4, 0.5) is 5.69 Å². The van der Waals surface area contributed by atoms with Crippen LogP contribution in [-0.4, -0.2) is 248 Å².